The Hall–Kier alpha value is -0.870. The van der Waals surface area contributed by atoms with Gasteiger partial charge in [0.2, 0.25) is 5.91 Å². The third-order valence-corrected chi connectivity index (χ3v) is 14.0. The molecule has 0 aliphatic heterocycles. The van der Waals surface area contributed by atoms with Crippen LogP contribution in [0.4, 0.5) is 0 Å². The largest absolute Gasteiger partial charge is 0.394 e. The summed E-state index contributed by atoms with van der Waals surface area (Å²) in [4.78, 5) is 12.5. The highest BCUT2D eigenvalue weighted by molar-refractivity contribution is 5.76. The molecule has 0 saturated heterocycles. The van der Waals surface area contributed by atoms with Gasteiger partial charge < -0.3 is 15.5 Å². The molecule has 0 fully saturated rings. The maximum absolute atomic E-state index is 12.5. The van der Waals surface area contributed by atoms with Gasteiger partial charge in [-0.3, -0.25) is 4.79 Å². The maximum Gasteiger partial charge on any atom is 0.220 e. The molecular formula is C59H117NO3. The molecule has 0 aromatic heterocycles. The molecule has 0 aliphatic rings. The molecule has 2 unspecified atom stereocenters. The van der Waals surface area contributed by atoms with Crippen molar-refractivity contribution < 1.29 is 15.0 Å². The number of carbonyl (C=O) groups is 1. The summed E-state index contributed by atoms with van der Waals surface area (Å²) < 4.78 is 0. The minimum absolute atomic E-state index is 0.0300. The molecule has 0 bridgehead atoms. The number of aliphatic hydroxyl groups excluding tert-OH is 2. The van der Waals surface area contributed by atoms with E-state index in [-0.39, 0.29) is 12.5 Å². The van der Waals surface area contributed by atoms with Gasteiger partial charge in [0, 0.05) is 6.42 Å². The highest BCUT2D eigenvalue weighted by Crippen LogP contribution is 2.18. The highest BCUT2D eigenvalue weighted by Gasteiger charge is 2.20. The van der Waals surface area contributed by atoms with Crippen molar-refractivity contribution in [3.05, 3.63) is 12.2 Å². The number of amides is 1. The van der Waals surface area contributed by atoms with Crippen molar-refractivity contribution in [2.24, 2.45) is 0 Å². The molecule has 4 heteroatoms. The van der Waals surface area contributed by atoms with Crippen molar-refractivity contribution in [1.82, 2.24) is 5.32 Å². The molecule has 1 amide bonds. The predicted octanol–water partition coefficient (Wildman–Crippen LogP) is 19.3. The van der Waals surface area contributed by atoms with E-state index in [9.17, 15) is 15.0 Å². The van der Waals surface area contributed by atoms with Crippen molar-refractivity contribution in [3.8, 4) is 0 Å². The molecule has 3 N–H and O–H groups in total. The molecule has 0 heterocycles. The van der Waals surface area contributed by atoms with Crippen LogP contribution in [0.5, 0.6) is 0 Å². The summed E-state index contributed by atoms with van der Waals surface area (Å²) in [6, 6.07) is -0.537. The Morgan fingerprint density at radius 2 is 0.603 bits per heavy atom. The topological polar surface area (TPSA) is 69.6 Å². The van der Waals surface area contributed by atoms with Gasteiger partial charge in [-0.15, -0.1) is 0 Å². The Labute approximate surface area is 397 Å². The second-order valence-electron chi connectivity index (χ2n) is 20.4. The van der Waals surface area contributed by atoms with E-state index in [0.29, 0.717) is 12.8 Å². The van der Waals surface area contributed by atoms with Gasteiger partial charge in [0.05, 0.1) is 18.8 Å². The van der Waals surface area contributed by atoms with Gasteiger partial charge in [0.15, 0.2) is 0 Å². The van der Waals surface area contributed by atoms with Gasteiger partial charge in [-0.25, -0.2) is 0 Å². The molecular weight excluding hydrogens is 771 g/mol. The van der Waals surface area contributed by atoms with Gasteiger partial charge in [0.25, 0.3) is 0 Å². The first-order valence-electron chi connectivity index (χ1n) is 29.4. The molecule has 0 aromatic rings. The summed E-state index contributed by atoms with van der Waals surface area (Å²) in [7, 11) is 0. The van der Waals surface area contributed by atoms with E-state index in [4.69, 9.17) is 0 Å². The summed E-state index contributed by atoms with van der Waals surface area (Å²) in [6.45, 7) is 4.39. The summed E-state index contributed by atoms with van der Waals surface area (Å²) in [5.41, 5.74) is 0. The van der Waals surface area contributed by atoms with Crippen molar-refractivity contribution in [2.45, 2.75) is 353 Å². The maximum atomic E-state index is 12.5. The Balaban J connectivity index is 3.38. The summed E-state index contributed by atoms with van der Waals surface area (Å²) in [5, 5.41) is 23.3. The van der Waals surface area contributed by atoms with E-state index in [1.807, 2.05) is 0 Å². The summed E-state index contributed by atoms with van der Waals surface area (Å²) >= 11 is 0. The molecule has 63 heavy (non-hydrogen) atoms. The fraction of sp³-hybridized carbons (Fsp3) is 0.949. The van der Waals surface area contributed by atoms with E-state index in [2.05, 4.69) is 31.3 Å². The third-order valence-electron chi connectivity index (χ3n) is 14.0. The molecule has 0 spiro atoms. The number of unbranched alkanes of at least 4 members (excludes halogenated alkanes) is 46. The standard InChI is InChI=1S/C59H117NO3/c1-3-5-7-9-11-13-15-17-19-21-23-24-25-26-27-28-29-30-31-32-33-34-35-36-37-38-40-42-44-46-48-50-52-54-58(62)57(56-61)60-59(63)55-53-51-49-47-45-43-41-39-22-20-18-16-14-12-10-8-6-4-2/h20,22,57-58,61-62H,3-19,21,23-56H2,1-2H3,(H,60,63)/b22-20-. The molecule has 0 rings (SSSR count). The van der Waals surface area contributed by atoms with Crippen LogP contribution >= 0.6 is 0 Å². The first-order valence-corrected chi connectivity index (χ1v) is 29.4. The lowest BCUT2D eigenvalue weighted by atomic mass is 10.0. The number of hydrogen-bond acceptors (Lipinski definition) is 3. The average Bonchev–Trinajstić information content (AvgIpc) is 3.29. The molecule has 2 atom stereocenters. The monoisotopic (exact) mass is 888 g/mol. The Morgan fingerprint density at radius 1 is 0.365 bits per heavy atom. The number of aliphatic hydroxyl groups is 2. The minimum Gasteiger partial charge on any atom is -0.394 e. The van der Waals surface area contributed by atoms with Crippen LogP contribution < -0.4 is 5.32 Å². The van der Waals surface area contributed by atoms with Crippen LogP contribution in [0.3, 0.4) is 0 Å². The minimum atomic E-state index is -0.660. The number of hydrogen-bond donors (Lipinski definition) is 3. The lowest BCUT2D eigenvalue weighted by molar-refractivity contribution is -0.123. The second kappa shape index (κ2) is 55.5. The van der Waals surface area contributed by atoms with Crippen LogP contribution in [0, 0.1) is 0 Å². The molecule has 0 aromatic carbocycles. The quantitative estimate of drug-likeness (QED) is 0.0421. The zero-order chi connectivity index (χ0) is 45.6. The summed E-state index contributed by atoms with van der Waals surface area (Å²) in [6.07, 6.45) is 72.2. The van der Waals surface area contributed by atoms with E-state index < -0.39 is 12.1 Å². The van der Waals surface area contributed by atoms with Crippen LogP contribution in [0.2, 0.25) is 0 Å². The number of rotatable bonds is 55. The average molecular weight is 889 g/mol. The van der Waals surface area contributed by atoms with Crippen LogP contribution in [-0.4, -0.2) is 34.9 Å². The number of carbonyl (C=O) groups excluding carboxylic acids is 1. The van der Waals surface area contributed by atoms with E-state index >= 15 is 0 Å². The summed E-state index contributed by atoms with van der Waals surface area (Å²) in [5.74, 6) is -0.0300. The SMILES string of the molecule is CCCCCCCCC/C=C\CCCCCCCCCC(=O)NC(CO)C(O)CCCCCCCCCCCCCCCCCCCCCCCCCCCCCCCCCCC. The second-order valence-corrected chi connectivity index (χ2v) is 20.4. The predicted molar refractivity (Wildman–Crippen MR) is 281 cm³/mol. The Bertz CT molecular complexity index is 875. The molecule has 0 saturated carbocycles. The van der Waals surface area contributed by atoms with Gasteiger partial charge in [-0.1, -0.05) is 309 Å². The first kappa shape index (κ1) is 62.1. The van der Waals surface area contributed by atoms with Crippen molar-refractivity contribution >= 4 is 5.91 Å². The third kappa shape index (κ3) is 52.0. The first-order chi connectivity index (χ1) is 31.2. The van der Waals surface area contributed by atoms with Crippen LogP contribution in [0.1, 0.15) is 341 Å². The van der Waals surface area contributed by atoms with Crippen LogP contribution in [-0.2, 0) is 4.79 Å². The molecule has 0 aliphatic carbocycles. The van der Waals surface area contributed by atoms with Gasteiger partial charge >= 0.3 is 0 Å². The lowest BCUT2D eigenvalue weighted by Crippen LogP contribution is -2.45. The van der Waals surface area contributed by atoms with Gasteiger partial charge in [-0.2, -0.15) is 0 Å². The van der Waals surface area contributed by atoms with Gasteiger partial charge in [-0.05, 0) is 38.5 Å². The molecule has 376 valence electrons. The van der Waals surface area contributed by atoms with E-state index in [1.54, 1.807) is 0 Å². The Morgan fingerprint density at radius 3 is 0.873 bits per heavy atom. The Kier molecular flexibility index (Phi) is 54.7. The normalized spacial score (nSPS) is 12.8. The van der Waals surface area contributed by atoms with Crippen LogP contribution in [0.15, 0.2) is 12.2 Å². The van der Waals surface area contributed by atoms with Gasteiger partial charge in [0.1, 0.15) is 0 Å². The van der Waals surface area contributed by atoms with Crippen LogP contribution in [0.25, 0.3) is 0 Å². The highest BCUT2D eigenvalue weighted by atomic mass is 16.3. The van der Waals surface area contributed by atoms with Crippen molar-refractivity contribution in [2.75, 3.05) is 6.61 Å². The number of allylic oxidation sites excluding steroid dienone is 2. The molecule has 4 nitrogen and oxygen atoms in total. The molecule has 0 radical (unpaired) electrons. The fourth-order valence-corrected chi connectivity index (χ4v) is 9.54. The smallest absolute Gasteiger partial charge is 0.220 e. The van der Waals surface area contributed by atoms with E-state index in [0.717, 1.165) is 25.7 Å². The fourth-order valence-electron chi connectivity index (χ4n) is 9.54. The van der Waals surface area contributed by atoms with Crippen molar-refractivity contribution in [1.29, 1.82) is 0 Å². The zero-order valence-electron chi connectivity index (χ0n) is 43.4. The van der Waals surface area contributed by atoms with Crippen molar-refractivity contribution in [3.63, 3.8) is 0 Å². The van der Waals surface area contributed by atoms with E-state index in [1.165, 1.54) is 289 Å². The lowest BCUT2D eigenvalue weighted by Gasteiger charge is -2.22. The zero-order valence-corrected chi connectivity index (χ0v) is 43.4. The number of nitrogens with one attached hydrogen (secondary N) is 1.